The molecule has 1 aromatic carbocycles. The number of pyridine rings is 1. The predicted octanol–water partition coefficient (Wildman–Crippen LogP) is 3.01. The maximum Gasteiger partial charge on any atom is 0.274 e. The number of carbonyl (C=O) groups excluding carboxylic acids is 2. The molecule has 1 atom stereocenters. The van der Waals surface area contributed by atoms with Gasteiger partial charge in [-0.2, -0.15) is 0 Å². The molecule has 1 aliphatic rings. The zero-order chi connectivity index (χ0) is 18.7. The zero-order valence-electron chi connectivity index (χ0n) is 15.0. The van der Waals surface area contributed by atoms with Crippen LogP contribution in [-0.2, 0) is 11.2 Å². The lowest BCUT2D eigenvalue weighted by atomic mass is 10.1. The van der Waals surface area contributed by atoms with Gasteiger partial charge < -0.3 is 20.1 Å². The van der Waals surface area contributed by atoms with Crippen LogP contribution in [0.3, 0.4) is 0 Å². The molecule has 1 aliphatic heterocycles. The Morgan fingerprint density at radius 1 is 1.31 bits per heavy atom. The third kappa shape index (κ3) is 3.93. The van der Waals surface area contributed by atoms with Gasteiger partial charge in [-0.3, -0.25) is 9.59 Å². The molecule has 0 fully saturated rings. The monoisotopic (exact) mass is 355 g/mol. The summed E-state index contributed by atoms with van der Waals surface area (Å²) in [6, 6.07) is 8.53. The summed E-state index contributed by atoms with van der Waals surface area (Å²) in [6.07, 6.45) is 0.908. The Hall–Kier alpha value is -3.09. The van der Waals surface area contributed by atoms with Crippen molar-refractivity contribution in [3.63, 3.8) is 0 Å². The number of nitrogens with one attached hydrogen (secondary N) is 2. The minimum Gasteiger partial charge on any atom is -0.492 e. The van der Waals surface area contributed by atoms with Gasteiger partial charge in [-0.25, -0.2) is 4.98 Å². The first-order chi connectivity index (χ1) is 12.5. The standard InChI is InChI=1S/C19H21N3O4/c1-4-25-17-9-13-8-11(2)26-16(13)10-15(17)22-19(24)14-6-5-7-18(21-14)20-12(3)23/h5-7,9-11H,4,8H2,1-3H3,(H,22,24)(H,20,21,23)/t11-/m1/s1. The molecule has 2 heterocycles. The highest BCUT2D eigenvalue weighted by molar-refractivity contribution is 6.04. The topological polar surface area (TPSA) is 89.6 Å². The summed E-state index contributed by atoms with van der Waals surface area (Å²) in [6.45, 7) is 5.75. The van der Waals surface area contributed by atoms with E-state index in [-0.39, 0.29) is 17.7 Å². The van der Waals surface area contributed by atoms with Gasteiger partial charge in [0.25, 0.3) is 5.91 Å². The molecule has 0 unspecified atom stereocenters. The molecule has 0 bridgehead atoms. The van der Waals surface area contributed by atoms with Crippen molar-refractivity contribution in [3.05, 3.63) is 41.6 Å². The largest absolute Gasteiger partial charge is 0.492 e. The fraction of sp³-hybridized carbons (Fsp3) is 0.316. The number of rotatable bonds is 5. The van der Waals surface area contributed by atoms with E-state index in [0.717, 1.165) is 17.7 Å². The first-order valence-electron chi connectivity index (χ1n) is 8.48. The average molecular weight is 355 g/mol. The van der Waals surface area contributed by atoms with Gasteiger partial charge in [0.1, 0.15) is 29.1 Å². The molecule has 7 nitrogen and oxygen atoms in total. The van der Waals surface area contributed by atoms with Gasteiger partial charge in [-0.15, -0.1) is 0 Å². The Labute approximate surface area is 151 Å². The summed E-state index contributed by atoms with van der Waals surface area (Å²) < 4.78 is 11.4. The van der Waals surface area contributed by atoms with E-state index in [1.54, 1.807) is 24.3 Å². The number of benzene rings is 1. The van der Waals surface area contributed by atoms with E-state index in [2.05, 4.69) is 15.6 Å². The molecule has 0 radical (unpaired) electrons. The molecule has 2 amide bonds. The molecule has 2 aromatic rings. The van der Waals surface area contributed by atoms with Crippen molar-refractivity contribution < 1.29 is 19.1 Å². The van der Waals surface area contributed by atoms with Crippen LogP contribution in [0.2, 0.25) is 0 Å². The van der Waals surface area contributed by atoms with Gasteiger partial charge in [0.15, 0.2) is 0 Å². The smallest absolute Gasteiger partial charge is 0.274 e. The van der Waals surface area contributed by atoms with E-state index >= 15 is 0 Å². The highest BCUT2D eigenvalue weighted by atomic mass is 16.5. The number of hydrogen-bond acceptors (Lipinski definition) is 5. The van der Waals surface area contributed by atoms with Gasteiger partial charge in [0, 0.05) is 25.0 Å². The average Bonchev–Trinajstić information content (AvgIpc) is 2.94. The minimum absolute atomic E-state index is 0.0985. The second-order valence-electron chi connectivity index (χ2n) is 6.07. The highest BCUT2D eigenvalue weighted by Crippen LogP contribution is 2.38. The molecule has 0 aliphatic carbocycles. The Morgan fingerprint density at radius 2 is 2.12 bits per heavy atom. The van der Waals surface area contributed by atoms with E-state index in [1.165, 1.54) is 6.92 Å². The lowest BCUT2D eigenvalue weighted by Gasteiger charge is -2.13. The van der Waals surface area contributed by atoms with Crippen molar-refractivity contribution in [2.75, 3.05) is 17.2 Å². The number of ether oxygens (including phenoxy) is 2. The van der Waals surface area contributed by atoms with Crippen molar-refractivity contribution in [2.45, 2.75) is 33.3 Å². The fourth-order valence-electron chi connectivity index (χ4n) is 2.81. The van der Waals surface area contributed by atoms with E-state index in [9.17, 15) is 9.59 Å². The van der Waals surface area contributed by atoms with E-state index < -0.39 is 5.91 Å². The zero-order valence-corrected chi connectivity index (χ0v) is 15.0. The van der Waals surface area contributed by atoms with Gasteiger partial charge in [-0.05, 0) is 32.0 Å². The predicted molar refractivity (Wildman–Crippen MR) is 97.9 cm³/mol. The van der Waals surface area contributed by atoms with Crippen LogP contribution in [-0.4, -0.2) is 29.5 Å². The Kier molecular flexibility index (Phi) is 5.06. The molecule has 7 heteroatoms. The Balaban J connectivity index is 1.85. The second-order valence-corrected chi connectivity index (χ2v) is 6.07. The SMILES string of the molecule is CCOc1cc2c(cc1NC(=O)c1cccc(NC(C)=O)n1)O[C@H](C)C2. The molecule has 136 valence electrons. The van der Waals surface area contributed by atoms with E-state index in [0.29, 0.717) is 23.9 Å². The van der Waals surface area contributed by atoms with Gasteiger partial charge in [0.05, 0.1) is 12.3 Å². The van der Waals surface area contributed by atoms with Gasteiger partial charge >= 0.3 is 0 Å². The second kappa shape index (κ2) is 7.43. The number of amides is 2. The number of carbonyl (C=O) groups is 2. The summed E-state index contributed by atoms with van der Waals surface area (Å²) in [5, 5.41) is 5.38. The number of nitrogens with zero attached hydrogens (tertiary/aromatic N) is 1. The van der Waals surface area contributed by atoms with Crippen LogP contribution in [0.15, 0.2) is 30.3 Å². The highest BCUT2D eigenvalue weighted by Gasteiger charge is 2.23. The lowest BCUT2D eigenvalue weighted by Crippen LogP contribution is -2.16. The van der Waals surface area contributed by atoms with Crippen LogP contribution in [0, 0.1) is 0 Å². The van der Waals surface area contributed by atoms with Crippen LogP contribution in [0.25, 0.3) is 0 Å². The fourth-order valence-corrected chi connectivity index (χ4v) is 2.81. The van der Waals surface area contributed by atoms with Crippen molar-refractivity contribution in [1.82, 2.24) is 4.98 Å². The van der Waals surface area contributed by atoms with Crippen LogP contribution >= 0.6 is 0 Å². The first-order valence-corrected chi connectivity index (χ1v) is 8.48. The summed E-state index contributed by atoms with van der Waals surface area (Å²) in [5.74, 6) is 1.01. The summed E-state index contributed by atoms with van der Waals surface area (Å²) in [5.41, 5.74) is 1.77. The Morgan fingerprint density at radius 3 is 2.85 bits per heavy atom. The summed E-state index contributed by atoms with van der Waals surface area (Å²) >= 11 is 0. The Bertz CT molecular complexity index is 851. The van der Waals surface area contributed by atoms with Crippen molar-refractivity contribution in [1.29, 1.82) is 0 Å². The van der Waals surface area contributed by atoms with Crippen LogP contribution in [0.1, 0.15) is 36.8 Å². The molecule has 26 heavy (non-hydrogen) atoms. The summed E-state index contributed by atoms with van der Waals surface area (Å²) in [4.78, 5) is 27.9. The minimum atomic E-state index is -0.399. The van der Waals surface area contributed by atoms with Crippen LogP contribution in [0.4, 0.5) is 11.5 Å². The van der Waals surface area contributed by atoms with E-state index in [4.69, 9.17) is 9.47 Å². The molecule has 0 spiro atoms. The number of aromatic nitrogens is 1. The van der Waals surface area contributed by atoms with Gasteiger partial charge in [0.2, 0.25) is 5.91 Å². The maximum atomic E-state index is 12.6. The first kappa shape index (κ1) is 17.7. The third-order valence-corrected chi connectivity index (χ3v) is 3.83. The summed E-state index contributed by atoms with van der Waals surface area (Å²) in [7, 11) is 0. The maximum absolute atomic E-state index is 12.6. The molecule has 2 N–H and O–H groups in total. The molecule has 1 aromatic heterocycles. The quantitative estimate of drug-likeness (QED) is 0.860. The third-order valence-electron chi connectivity index (χ3n) is 3.83. The molecule has 3 rings (SSSR count). The molecule has 0 saturated heterocycles. The number of fused-ring (bicyclic) bond motifs is 1. The molecular weight excluding hydrogens is 334 g/mol. The lowest BCUT2D eigenvalue weighted by molar-refractivity contribution is -0.114. The van der Waals surface area contributed by atoms with Crippen molar-refractivity contribution in [2.24, 2.45) is 0 Å². The number of hydrogen-bond donors (Lipinski definition) is 2. The van der Waals surface area contributed by atoms with Gasteiger partial charge in [-0.1, -0.05) is 6.07 Å². The molecule has 0 saturated carbocycles. The van der Waals surface area contributed by atoms with E-state index in [1.807, 2.05) is 19.9 Å². The van der Waals surface area contributed by atoms with Crippen molar-refractivity contribution >= 4 is 23.3 Å². The van der Waals surface area contributed by atoms with Crippen LogP contribution in [0.5, 0.6) is 11.5 Å². The number of anilines is 2. The normalized spacial score (nSPS) is 15.0. The van der Waals surface area contributed by atoms with Crippen molar-refractivity contribution in [3.8, 4) is 11.5 Å². The van der Waals surface area contributed by atoms with Crippen LogP contribution < -0.4 is 20.1 Å². The molecular formula is C19H21N3O4.